The van der Waals surface area contributed by atoms with Gasteiger partial charge < -0.3 is 15.2 Å². The minimum atomic E-state index is -1.03. The minimum Gasteiger partial charge on any atom is -0.480 e. The molecule has 0 aromatic rings. The monoisotopic (exact) mass is 241 g/mol. The van der Waals surface area contributed by atoms with E-state index in [0.29, 0.717) is 32.5 Å². The topological polar surface area (TPSA) is 75.6 Å². The number of amides is 1. The quantitative estimate of drug-likeness (QED) is 0.770. The third-order valence-electron chi connectivity index (χ3n) is 3.78. The van der Waals surface area contributed by atoms with Crippen molar-refractivity contribution in [2.75, 3.05) is 13.2 Å². The van der Waals surface area contributed by atoms with Crippen LogP contribution in [0.5, 0.6) is 0 Å². The molecule has 1 heterocycles. The summed E-state index contributed by atoms with van der Waals surface area (Å²) in [5, 5.41) is 12.1. The van der Waals surface area contributed by atoms with E-state index in [2.05, 4.69) is 5.32 Å². The lowest BCUT2D eigenvalue weighted by atomic mass is 9.81. The molecule has 1 aliphatic heterocycles. The molecule has 1 atom stereocenters. The number of ether oxygens (including phenoxy) is 1. The molecule has 0 aromatic heterocycles. The molecule has 17 heavy (non-hydrogen) atoms. The van der Waals surface area contributed by atoms with Crippen molar-refractivity contribution in [3.05, 3.63) is 0 Å². The molecular formula is C12H19NO4. The number of aliphatic carboxylic acids is 1. The number of hydrogen-bond acceptors (Lipinski definition) is 3. The molecule has 0 radical (unpaired) electrons. The third kappa shape index (κ3) is 2.60. The molecule has 1 saturated carbocycles. The lowest BCUT2D eigenvalue weighted by molar-refractivity contribution is -0.150. The zero-order chi connectivity index (χ0) is 12.3. The van der Waals surface area contributed by atoms with Crippen LogP contribution in [-0.2, 0) is 14.3 Å². The van der Waals surface area contributed by atoms with Gasteiger partial charge >= 0.3 is 5.97 Å². The van der Waals surface area contributed by atoms with Crippen molar-refractivity contribution in [2.45, 2.75) is 44.1 Å². The lowest BCUT2D eigenvalue weighted by Crippen LogP contribution is -2.57. The summed E-state index contributed by atoms with van der Waals surface area (Å²) >= 11 is 0. The minimum absolute atomic E-state index is 0.160. The van der Waals surface area contributed by atoms with Gasteiger partial charge in [-0.1, -0.05) is 19.3 Å². The molecule has 0 spiro atoms. The number of carbonyl (C=O) groups is 2. The van der Waals surface area contributed by atoms with Crippen molar-refractivity contribution < 1.29 is 19.4 Å². The molecule has 1 aliphatic carbocycles. The highest BCUT2D eigenvalue weighted by atomic mass is 16.5. The van der Waals surface area contributed by atoms with E-state index >= 15 is 0 Å². The maximum absolute atomic E-state index is 12.0. The van der Waals surface area contributed by atoms with Gasteiger partial charge in [-0.25, -0.2) is 4.79 Å². The van der Waals surface area contributed by atoms with Crippen LogP contribution in [0, 0.1) is 5.92 Å². The molecule has 2 aliphatic rings. The highest BCUT2D eigenvalue weighted by Gasteiger charge is 2.42. The van der Waals surface area contributed by atoms with E-state index in [1.165, 1.54) is 0 Å². The predicted octanol–water partition coefficient (Wildman–Crippen LogP) is 0.927. The molecule has 1 saturated heterocycles. The van der Waals surface area contributed by atoms with E-state index in [-0.39, 0.29) is 11.8 Å². The number of nitrogens with one attached hydrogen (secondary N) is 1. The van der Waals surface area contributed by atoms with Gasteiger partial charge in [0.25, 0.3) is 0 Å². The van der Waals surface area contributed by atoms with Gasteiger partial charge in [0, 0.05) is 6.61 Å². The Bertz CT molecular complexity index is 304. The van der Waals surface area contributed by atoms with Crippen LogP contribution >= 0.6 is 0 Å². The lowest BCUT2D eigenvalue weighted by Gasteiger charge is -2.34. The second-order valence-electron chi connectivity index (χ2n) is 5.00. The summed E-state index contributed by atoms with van der Waals surface area (Å²) in [6, 6.07) is 0. The normalized spacial score (nSPS) is 27.6. The van der Waals surface area contributed by atoms with Crippen LogP contribution in [0.15, 0.2) is 0 Å². The van der Waals surface area contributed by atoms with Crippen LogP contribution in [0.1, 0.15) is 38.5 Å². The number of carboxylic acids is 1. The first-order valence-electron chi connectivity index (χ1n) is 6.27. The van der Waals surface area contributed by atoms with Crippen molar-refractivity contribution >= 4 is 11.9 Å². The standard InChI is InChI=1S/C12H19NO4/c14-10(9-4-7-17-8-9)13-12(11(15)16)5-2-1-3-6-12/h9H,1-8H2,(H,13,14)(H,15,16). The van der Waals surface area contributed by atoms with Crippen molar-refractivity contribution in [2.24, 2.45) is 5.92 Å². The van der Waals surface area contributed by atoms with Crippen LogP contribution in [0.3, 0.4) is 0 Å². The SMILES string of the molecule is O=C(NC1(C(=O)O)CCCCC1)C1CCOC1. The van der Waals surface area contributed by atoms with Gasteiger partial charge in [0.05, 0.1) is 12.5 Å². The second-order valence-corrected chi connectivity index (χ2v) is 5.00. The van der Waals surface area contributed by atoms with Gasteiger partial charge in [0.15, 0.2) is 0 Å². The molecule has 5 heteroatoms. The average molecular weight is 241 g/mol. The Balaban J connectivity index is 2.01. The highest BCUT2D eigenvalue weighted by molar-refractivity contribution is 5.88. The number of carboxylic acid groups (broad SMARTS) is 1. The van der Waals surface area contributed by atoms with Gasteiger partial charge in [-0.05, 0) is 19.3 Å². The number of hydrogen-bond donors (Lipinski definition) is 2. The Morgan fingerprint density at radius 2 is 1.94 bits per heavy atom. The van der Waals surface area contributed by atoms with Crippen LogP contribution in [-0.4, -0.2) is 35.7 Å². The maximum Gasteiger partial charge on any atom is 0.329 e. The largest absolute Gasteiger partial charge is 0.480 e. The van der Waals surface area contributed by atoms with Gasteiger partial charge in [0.2, 0.25) is 5.91 Å². The summed E-state index contributed by atoms with van der Waals surface area (Å²) in [7, 11) is 0. The number of rotatable bonds is 3. The fourth-order valence-electron chi connectivity index (χ4n) is 2.63. The Morgan fingerprint density at radius 1 is 1.24 bits per heavy atom. The summed E-state index contributed by atoms with van der Waals surface area (Å²) in [6.07, 6.45) is 4.57. The Morgan fingerprint density at radius 3 is 2.47 bits per heavy atom. The molecule has 2 N–H and O–H groups in total. The first-order chi connectivity index (χ1) is 8.14. The molecule has 0 aromatic carbocycles. The van der Waals surface area contributed by atoms with Gasteiger partial charge in [-0.15, -0.1) is 0 Å². The van der Waals surface area contributed by atoms with E-state index in [0.717, 1.165) is 19.3 Å². The highest BCUT2D eigenvalue weighted by Crippen LogP contribution is 2.29. The van der Waals surface area contributed by atoms with Gasteiger partial charge in [-0.2, -0.15) is 0 Å². The second kappa shape index (κ2) is 5.04. The van der Waals surface area contributed by atoms with E-state index < -0.39 is 11.5 Å². The fourth-order valence-corrected chi connectivity index (χ4v) is 2.63. The van der Waals surface area contributed by atoms with Crippen LogP contribution < -0.4 is 5.32 Å². The zero-order valence-corrected chi connectivity index (χ0v) is 9.91. The van der Waals surface area contributed by atoms with Crippen LogP contribution in [0.25, 0.3) is 0 Å². The molecule has 2 rings (SSSR count). The molecule has 96 valence electrons. The molecule has 1 amide bonds. The molecule has 5 nitrogen and oxygen atoms in total. The summed E-state index contributed by atoms with van der Waals surface area (Å²) in [4.78, 5) is 23.3. The Kier molecular flexibility index (Phi) is 3.66. The van der Waals surface area contributed by atoms with E-state index in [1.807, 2.05) is 0 Å². The zero-order valence-electron chi connectivity index (χ0n) is 9.91. The first-order valence-corrected chi connectivity index (χ1v) is 6.27. The Labute approximate surface area is 101 Å². The summed E-state index contributed by atoms with van der Waals surface area (Å²) in [6.45, 7) is 1.01. The Hall–Kier alpha value is -1.10. The van der Waals surface area contributed by atoms with Crippen molar-refractivity contribution in [1.29, 1.82) is 0 Å². The van der Waals surface area contributed by atoms with E-state index in [9.17, 15) is 14.7 Å². The van der Waals surface area contributed by atoms with E-state index in [1.54, 1.807) is 0 Å². The third-order valence-corrected chi connectivity index (χ3v) is 3.78. The predicted molar refractivity (Wildman–Crippen MR) is 60.5 cm³/mol. The summed E-state index contributed by atoms with van der Waals surface area (Å²) < 4.78 is 5.15. The molecule has 0 bridgehead atoms. The summed E-state index contributed by atoms with van der Waals surface area (Å²) in [5.41, 5.74) is -1.03. The number of carbonyl (C=O) groups excluding carboxylic acids is 1. The maximum atomic E-state index is 12.0. The summed E-state index contributed by atoms with van der Waals surface area (Å²) in [5.74, 6) is -1.23. The first kappa shape index (κ1) is 12.4. The molecule has 2 fully saturated rings. The average Bonchev–Trinajstić information content (AvgIpc) is 2.83. The van der Waals surface area contributed by atoms with Gasteiger partial charge in [0.1, 0.15) is 5.54 Å². The van der Waals surface area contributed by atoms with E-state index in [4.69, 9.17) is 4.74 Å². The smallest absolute Gasteiger partial charge is 0.329 e. The van der Waals surface area contributed by atoms with Gasteiger partial charge in [-0.3, -0.25) is 4.79 Å². The molecular weight excluding hydrogens is 222 g/mol. The molecule has 1 unspecified atom stereocenters. The van der Waals surface area contributed by atoms with Crippen molar-refractivity contribution in [3.8, 4) is 0 Å². The fraction of sp³-hybridized carbons (Fsp3) is 0.833. The van der Waals surface area contributed by atoms with Crippen molar-refractivity contribution in [3.63, 3.8) is 0 Å². The van der Waals surface area contributed by atoms with Crippen LogP contribution in [0.4, 0.5) is 0 Å². The van der Waals surface area contributed by atoms with Crippen molar-refractivity contribution in [1.82, 2.24) is 5.32 Å². The van der Waals surface area contributed by atoms with Crippen LogP contribution in [0.2, 0.25) is 0 Å².